The van der Waals surface area contributed by atoms with E-state index in [0.29, 0.717) is 51.4 Å². The number of benzene rings is 2. The zero-order valence-electron chi connectivity index (χ0n) is 18.1. The molecule has 0 radical (unpaired) electrons. The molecule has 0 aliphatic carbocycles. The lowest BCUT2D eigenvalue weighted by molar-refractivity contribution is 0.0730. The third-order valence-corrected chi connectivity index (χ3v) is 9.71. The molecule has 0 unspecified atom stereocenters. The number of anilines is 1. The molecule has 0 bridgehead atoms. The smallest absolute Gasteiger partial charge is 0.243 e. The summed E-state index contributed by atoms with van der Waals surface area (Å²) in [5.41, 5.74) is 1.53. The van der Waals surface area contributed by atoms with Gasteiger partial charge in [-0.1, -0.05) is 0 Å². The van der Waals surface area contributed by atoms with E-state index in [2.05, 4.69) is 11.0 Å². The fourth-order valence-electron chi connectivity index (χ4n) is 4.01. The molecule has 33 heavy (non-hydrogen) atoms. The molecule has 0 saturated carbocycles. The van der Waals surface area contributed by atoms with Crippen molar-refractivity contribution in [3.8, 4) is 6.07 Å². The predicted octanol–water partition coefficient (Wildman–Crippen LogP) is 1.48. The Kier molecular flexibility index (Phi) is 7.02. The van der Waals surface area contributed by atoms with Crippen molar-refractivity contribution in [1.82, 2.24) is 8.61 Å². The molecule has 2 aromatic rings. The fourth-order valence-corrected chi connectivity index (χ4v) is 6.89. The van der Waals surface area contributed by atoms with Crippen molar-refractivity contribution in [2.24, 2.45) is 0 Å². The van der Waals surface area contributed by atoms with E-state index in [4.69, 9.17) is 10.00 Å². The SMILES string of the molecule is N#Cc1ccc(N2CCCN(S(=O)(=O)c3ccc(S(=O)(=O)N4CCOCC4)cc3)CC2)cc1. The molecule has 176 valence electrons. The van der Waals surface area contributed by atoms with E-state index in [1.54, 1.807) is 12.1 Å². The van der Waals surface area contributed by atoms with Gasteiger partial charge in [0.2, 0.25) is 20.0 Å². The van der Waals surface area contributed by atoms with E-state index in [1.165, 1.54) is 32.9 Å². The quantitative estimate of drug-likeness (QED) is 0.624. The number of nitriles is 1. The summed E-state index contributed by atoms with van der Waals surface area (Å²) in [7, 11) is -7.43. The summed E-state index contributed by atoms with van der Waals surface area (Å²) in [6.07, 6.45) is 0.655. The van der Waals surface area contributed by atoms with E-state index >= 15 is 0 Å². The van der Waals surface area contributed by atoms with Gasteiger partial charge in [0, 0.05) is 45.0 Å². The van der Waals surface area contributed by atoms with E-state index in [-0.39, 0.29) is 22.9 Å². The van der Waals surface area contributed by atoms with Gasteiger partial charge in [0.25, 0.3) is 0 Å². The molecule has 2 aromatic carbocycles. The molecule has 2 aliphatic heterocycles. The minimum absolute atomic E-state index is 0.0752. The number of morpholine rings is 1. The van der Waals surface area contributed by atoms with Crippen molar-refractivity contribution < 1.29 is 21.6 Å². The Bertz CT molecular complexity index is 1220. The monoisotopic (exact) mass is 490 g/mol. The first kappa shape index (κ1) is 23.7. The van der Waals surface area contributed by atoms with E-state index in [1.807, 2.05) is 12.1 Å². The second-order valence-electron chi connectivity index (χ2n) is 7.89. The van der Waals surface area contributed by atoms with Crippen LogP contribution in [-0.2, 0) is 24.8 Å². The van der Waals surface area contributed by atoms with Crippen LogP contribution < -0.4 is 4.90 Å². The van der Waals surface area contributed by atoms with Crippen LogP contribution in [0.25, 0.3) is 0 Å². The van der Waals surface area contributed by atoms with Gasteiger partial charge in [0.05, 0.1) is 34.6 Å². The van der Waals surface area contributed by atoms with Gasteiger partial charge in [-0.2, -0.15) is 13.9 Å². The molecule has 0 atom stereocenters. The molecule has 4 rings (SSSR count). The number of nitrogens with zero attached hydrogens (tertiary/aromatic N) is 4. The van der Waals surface area contributed by atoms with Gasteiger partial charge in [0.15, 0.2) is 0 Å². The van der Waals surface area contributed by atoms with Gasteiger partial charge in [-0.3, -0.25) is 0 Å². The van der Waals surface area contributed by atoms with Crippen LogP contribution in [0.2, 0.25) is 0 Å². The van der Waals surface area contributed by atoms with Crippen LogP contribution >= 0.6 is 0 Å². The van der Waals surface area contributed by atoms with Gasteiger partial charge in [-0.15, -0.1) is 0 Å². The molecule has 9 nitrogen and oxygen atoms in total. The van der Waals surface area contributed by atoms with Crippen molar-refractivity contribution in [3.63, 3.8) is 0 Å². The summed E-state index contributed by atoms with van der Waals surface area (Å²) in [6.45, 7) is 3.18. The van der Waals surface area contributed by atoms with Crippen molar-refractivity contribution in [2.45, 2.75) is 16.2 Å². The first-order valence-electron chi connectivity index (χ1n) is 10.8. The Hall–Kier alpha value is -2.49. The molecule has 0 aromatic heterocycles. The summed E-state index contributed by atoms with van der Waals surface area (Å²) in [6, 6.07) is 14.8. The molecular formula is C22H26N4O5S2. The second-order valence-corrected chi connectivity index (χ2v) is 11.8. The maximum absolute atomic E-state index is 13.2. The van der Waals surface area contributed by atoms with Crippen LogP contribution in [-0.4, -0.2) is 77.9 Å². The first-order chi connectivity index (χ1) is 15.8. The van der Waals surface area contributed by atoms with Crippen LogP contribution in [0.3, 0.4) is 0 Å². The van der Waals surface area contributed by atoms with Gasteiger partial charge in [-0.05, 0) is 55.0 Å². The lowest BCUT2D eigenvalue weighted by atomic mass is 10.2. The summed E-state index contributed by atoms with van der Waals surface area (Å²) < 4.78 is 60.0. The molecule has 0 amide bonds. The Balaban J connectivity index is 1.47. The van der Waals surface area contributed by atoms with Gasteiger partial charge in [0.1, 0.15) is 0 Å². The van der Waals surface area contributed by atoms with E-state index in [0.717, 1.165) is 5.69 Å². The molecule has 2 aliphatic rings. The molecule has 0 N–H and O–H groups in total. The highest BCUT2D eigenvalue weighted by molar-refractivity contribution is 7.89. The maximum Gasteiger partial charge on any atom is 0.243 e. The lowest BCUT2D eigenvalue weighted by Gasteiger charge is -2.26. The Labute approximate surface area is 194 Å². The summed E-state index contributed by atoms with van der Waals surface area (Å²) in [4.78, 5) is 2.26. The molecule has 0 spiro atoms. The third-order valence-electron chi connectivity index (χ3n) is 5.89. The van der Waals surface area contributed by atoms with Crippen LogP contribution in [0.1, 0.15) is 12.0 Å². The summed E-state index contributed by atoms with van der Waals surface area (Å²) in [5, 5.41) is 8.97. The number of rotatable bonds is 5. The van der Waals surface area contributed by atoms with Crippen molar-refractivity contribution in [2.75, 3.05) is 57.4 Å². The van der Waals surface area contributed by atoms with E-state index in [9.17, 15) is 16.8 Å². The van der Waals surface area contributed by atoms with Crippen LogP contribution in [0.4, 0.5) is 5.69 Å². The van der Waals surface area contributed by atoms with Crippen molar-refractivity contribution in [1.29, 1.82) is 5.26 Å². The normalized spacial score (nSPS) is 19.1. The topological polar surface area (TPSA) is 111 Å². The molecule has 2 fully saturated rings. The third kappa shape index (κ3) is 5.05. The van der Waals surface area contributed by atoms with E-state index < -0.39 is 20.0 Å². The Morgan fingerprint density at radius 3 is 1.79 bits per heavy atom. The largest absolute Gasteiger partial charge is 0.379 e. The van der Waals surface area contributed by atoms with Gasteiger partial charge >= 0.3 is 0 Å². The number of sulfonamides is 2. The Morgan fingerprint density at radius 1 is 0.697 bits per heavy atom. The zero-order valence-corrected chi connectivity index (χ0v) is 19.8. The minimum Gasteiger partial charge on any atom is -0.379 e. The van der Waals surface area contributed by atoms with Crippen LogP contribution in [0.5, 0.6) is 0 Å². The highest BCUT2D eigenvalue weighted by atomic mass is 32.2. The van der Waals surface area contributed by atoms with Crippen molar-refractivity contribution in [3.05, 3.63) is 54.1 Å². The fraction of sp³-hybridized carbons (Fsp3) is 0.409. The summed E-state index contributed by atoms with van der Waals surface area (Å²) >= 11 is 0. The van der Waals surface area contributed by atoms with Gasteiger partial charge < -0.3 is 9.64 Å². The average Bonchev–Trinajstić information content (AvgIpc) is 3.12. The highest BCUT2D eigenvalue weighted by Crippen LogP contribution is 2.24. The predicted molar refractivity (Wildman–Crippen MR) is 123 cm³/mol. The van der Waals surface area contributed by atoms with Crippen molar-refractivity contribution >= 4 is 25.7 Å². The van der Waals surface area contributed by atoms with Crippen LogP contribution in [0, 0.1) is 11.3 Å². The van der Waals surface area contributed by atoms with Crippen LogP contribution in [0.15, 0.2) is 58.3 Å². The summed E-state index contributed by atoms with van der Waals surface area (Å²) in [5.74, 6) is 0. The molecule has 11 heteroatoms. The number of ether oxygens (including phenoxy) is 1. The number of hydrogen-bond acceptors (Lipinski definition) is 7. The number of hydrogen-bond donors (Lipinski definition) is 0. The first-order valence-corrected chi connectivity index (χ1v) is 13.6. The maximum atomic E-state index is 13.2. The minimum atomic E-state index is -3.75. The van der Waals surface area contributed by atoms with Gasteiger partial charge in [-0.25, -0.2) is 16.8 Å². The molecule has 2 heterocycles. The Morgan fingerprint density at radius 2 is 1.24 bits per heavy atom. The molecular weight excluding hydrogens is 464 g/mol. The highest BCUT2D eigenvalue weighted by Gasteiger charge is 2.29. The standard InChI is InChI=1S/C22H26N4O5S2/c23-18-19-2-4-20(5-3-19)24-10-1-11-25(13-12-24)32(27,28)21-6-8-22(9-7-21)33(29,30)26-14-16-31-17-15-26/h2-9H,1,10-17H2. The lowest BCUT2D eigenvalue weighted by Crippen LogP contribution is -2.40. The molecule has 2 saturated heterocycles. The zero-order chi connectivity index (χ0) is 23.5. The average molecular weight is 491 g/mol. The second kappa shape index (κ2) is 9.79.